The summed E-state index contributed by atoms with van der Waals surface area (Å²) in [5.74, 6) is -3.86. The molecule has 3 N–H and O–H groups in total. The first kappa shape index (κ1) is 23.7. The highest BCUT2D eigenvalue weighted by Gasteiger charge is 2.16. The second-order valence-corrected chi connectivity index (χ2v) is 6.22. The summed E-state index contributed by atoms with van der Waals surface area (Å²) >= 11 is 0. The van der Waals surface area contributed by atoms with Gasteiger partial charge in [-0.05, 0) is 49.4 Å². The van der Waals surface area contributed by atoms with Gasteiger partial charge in [0.1, 0.15) is 5.76 Å². The number of amides is 1. The highest BCUT2D eigenvalue weighted by Crippen LogP contribution is 2.22. The molecule has 0 saturated heterocycles. The lowest BCUT2D eigenvalue weighted by Crippen LogP contribution is -2.14. The van der Waals surface area contributed by atoms with Gasteiger partial charge in [0.15, 0.2) is 5.70 Å². The number of carbonyl (C=O) groups excluding carboxylic acids is 3. The van der Waals surface area contributed by atoms with E-state index in [-0.39, 0.29) is 28.1 Å². The number of aliphatic hydroxyl groups excluding tert-OH is 1. The van der Waals surface area contributed by atoms with Gasteiger partial charge in [-0.2, -0.15) is 5.11 Å². The van der Waals surface area contributed by atoms with Crippen LogP contribution in [0.1, 0.15) is 38.0 Å². The number of ether oxygens (including phenoxy) is 2. The van der Waals surface area contributed by atoms with Crippen molar-refractivity contribution < 1.29 is 38.9 Å². The zero-order chi connectivity index (χ0) is 23.8. The summed E-state index contributed by atoms with van der Waals surface area (Å²) in [4.78, 5) is 47.1. The van der Waals surface area contributed by atoms with Crippen molar-refractivity contribution in [3.8, 4) is 0 Å². The number of methoxy groups -OCH3 is 2. The van der Waals surface area contributed by atoms with E-state index in [1.54, 1.807) is 0 Å². The van der Waals surface area contributed by atoms with Crippen molar-refractivity contribution in [1.29, 1.82) is 0 Å². The lowest BCUT2D eigenvalue weighted by Gasteiger charge is -2.07. The molecule has 11 heteroatoms. The zero-order valence-corrected chi connectivity index (χ0v) is 17.3. The van der Waals surface area contributed by atoms with E-state index >= 15 is 0 Å². The third kappa shape index (κ3) is 5.98. The van der Waals surface area contributed by atoms with Gasteiger partial charge in [-0.25, -0.2) is 14.4 Å². The number of azo groups is 1. The first-order valence-electron chi connectivity index (χ1n) is 8.94. The maximum atomic E-state index is 12.5. The number of hydrogen-bond donors (Lipinski definition) is 3. The molecule has 0 aliphatic rings. The number of esters is 2. The largest absolute Gasteiger partial charge is 0.510 e. The first-order chi connectivity index (χ1) is 15.2. The molecule has 166 valence electrons. The summed E-state index contributed by atoms with van der Waals surface area (Å²) in [6, 6.07) is 9.11. The molecule has 0 heterocycles. The Morgan fingerprint density at radius 3 is 1.81 bits per heavy atom. The molecule has 0 spiro atoms. The lowest BCUT2D eigenvalue weighted by molar-refractivity contribution is -0.113. The molecule has 0 aliphatic heterocycles. The van der Waals surface area contributed by atoms with E-state index in [9.17, 15) is 24.3 Å². The van der Waals surface area contributed by atoms with Gasteiger partial charge in [-0.3, -0.25) is 4.79 Å². The van der Waals surface area contributed by atoms with Crippen molar-refractivity contribution >= 4 is 35.2 Å². The van der Waals surface area contributed by atoms with E-state index in [1.807, 2.05) is 0 Å². The molecule has 0 aliphatic carbocycles. The third-order valence-corrected chi connectivity index (χ3v) is 3.97. The number of aromatic carboxylic acids is 1. The summed E-state index contributed by atoms with van der Waals surface area (Å²) in [6.07, 6.45) is 0. The number of benzene rings is 2. The number of carboxylic acid groups (broad SMARTS) is 1. The summed E-state index contributed by atoms with van der Waals surface area (Å²) in [6.45, 7) is 1.21. The molecule has 0 unspecified atom stereocenters. The minimum absolute atomic E-state index is 0.00132. The average Bonchev–Trinajstić information content (AvgIpc) is 2.77. The number of carbonyl (C=O) groups is 4. The summed E-state index contributed by atoms with van der Waals surface area (Å²) < 4.78 is 9.28. The predicted octanol–water partition coefficient (Wildman–Crippen LogP) is 3.47. The van der Waals surface area contributed by atoms with Crippen LogP contribution in [0.15, 0.2) is 64.1 Å². The highest BCUT2D eigenvalue weighted by atomic mass is 16.5. The van der Waals surface area contributed by atoms with Gasteiger partial charge in [-0.1, -0.05) is 0 Å². The SMILES string of the molecule is COC(=O)c1cc(N=NC(C(=O)Nc2ccc(C(=O)O)cc2)=C(C)O)cc(C(=O)OC)c1. The number of carboxylic acids is 1. The number of rotatable bonds is 7. The molecule has 32 heavy (non-hydrogen) atoms. The van der Waals surface area contributed by atoms with Gasteiger partial charge in [0.05, 0.1) is 36.6 Å². The Kier molecular flexibility index (Phi) is 7.77. The van der Waals surface area contributed by atoms with Gasteiger partial charge in [0.25, 0.3) is 5.91 Å². The average molecular weight is 441 g/mol. The number of nitrogens with one attached hydrogen (secondary N) is 1. The third-order valence-electron chi connectivity index (χ3n) is 3.97. The predicted molar refractivity (Wildman–Crippen MR) is 111 cm³/mol. The van der Waals surface area contributed by atoms with Crippen LogP contribution in [0.25, 0.3) is 0 Å². The van der Waals surface area contributed by atoms with Crippen molar-refractivity contribution in [3.63, 3.8) is 0 Å². The van der Waals surface area contributed by atoms with Crippen molar-refractivity contribution in [2.45, 2.75) is 6.92 Å². The summed E-state index contributed by atoms with van der Waals surface area (Å²) in [5.41, 5.74) is -0.142. The van der Waals surface area contributed by atoms with Crippen LogP contribution in [0, 0.1) is 0 Å². The molecule has 11 nitrogen and oxygen atoms in total. The van der Waals surface area contributed by atoms with E-state index in [4.69, 9.17) is 5.11 Å². The fourth-order valence-corrected chi connectivity index (χ4v) is 2.42. The summed E-state index contributed by atoms with van der Waals surface area (Å²) in [7, 11) is 2.33. The van der Waals surface area contributed by atoms with Crippen molar-refractivity contribution in [2.75, 3.05) is 19.5 Å². The van der Waals surface area contributed by atoms with Gasteiger partial charge in [-0.15, -0.1) is 5.11 Å². The van der Waals surface area contributed by atoms with E-state index < -0.39 is 35.3 Å². The quantitative estimate of drug-likeness (QED) is 0.254. The Morgan fingerprint density at radius 2 is 1.38 bits per heavy atom. The van der Waals surface area contributed by atoms with Crippen LogP contribution in [0.3, 0.4) is 0 Å². The Labute approximate surface area is 182 Å². The van der Waals surface area contributed by atoms with Gasteiger partial charge < -0.3 is 25.0 Å². The van der Waals surface area contributed by atoms with Gasteiger partial charge >= 0.3 is 17.9 Å². The lowest BCUT2D eigenvalue weighted by atomic mass is 10.1. The van der Waals surface area contributed by atoms with Crippen LogP contribution >= 0.6 is 0 Å². The minimum Gasteiger partial charge on any atom is -0.510 e. The molecular weight excluding hydrogens is 422 g/mol. The van der Waals surface area contributed by atoms with Crippen LogP contribution in [0.4, 0.5) is 11.4 Å². The number of anilines is 1. The number of nitrogens with zero attached hydrogens (tertiary/aromatic N) is 2. The highest BCUT2D eigenvalue weighted by molar-refractivity contribution is 6.04. The van der Waals surface area contributed by atoms with Crippen molar-refractivity contribution in [2.24, 2.45) is 10.2 Å². The molecule has 0 atom stereocenters. The number of aliphatic hydroxyl groups is 1. The molecule has 2 aromatic carbocycles. The molecule has 0 saturated carbocycles. The molecule has 0 radical (unpaired) electrons. The fourth-order valence-electron chi connectivity index (χ4n) is 2.42. The molecular formula is C21H19N3O8. The smallest absolute Gasteiger partial charge is 0.337 e. The maximum Gasteiger partial charge on any atom is 0.337 e. The summed E-state index contributed by atoms with van der Waals surface area (Å²) in [5, 5.41) is 28.8. The van der Waals surface area contributed by atoms with E-state index in [0.29, 0.717) is 0 Å². The topological polar surface area (TPSA) is 164 Å². The van der Waals surface area contributed by atoms with Crippen LogP contribution in [-0.4, -0.2) is 48.2 Å². The molecule has 0 fully saturated rings. The van der Waals surface area contributed by atoms with Gasteiger partial charge in [0, 0.05) is 5.69 Å². The first-order valence-corrected chi connectivity index (χ1v) is 8.94. The van der Waals surface area contributed by atoms with E-state index in [2.05, 4.69) is 25.0 Å². The van der Waals surface area contributed by atoms with Crippen LogP contribution in [0.5, 0.6) is 0 Å². The van der Waals surface area contributed by atoms with Crippen LogP contribution in [0.2, 0.25) is 0 Å². The number of hydrogen-bond acceptors (Lipinski definition) is 9. The van der Waals surface area contributed by atoms with Gasteiger partial charge in [0.2, 0.25) is 0 Å². The van der Waals surface area contributed by atoms with E-state index in [0.717, 1.165) is 14.2 Å². The van der Waals surface area contributed by atoms with E-state index in [1.165, 1.54) is 49.4 Å². The normalized spacial score (nSPS) is 11.5. The maximum absolute atomic E-state index is 12.5. The Morgan fingerprint density at radius 1 is 0.844 bits per heavy atom. The second-order valence-electron chi connectivity index (χ2n) is 6.22. The molecule has 1 amide bonds. The monoisotopic (exact) mass is 441 g/mol. The molecule has 0 bridgehead atoms. The fraction of sp³-hybridized carbons (Fsp3) is 0.143. The standard InChI is InChI=1S/C21H19N3O8/c1-11(25)17(18(26)22-15-6-4-12(5-7-15)19(27)28)24-23-16-9-13(20(29)31-2)8-14(10-16)21(30)32-3/h4-10,25H,1-3H3,(H,22,26)(H,27,28). The molecule has 2 aromatic rings. The Hall–Kier alpha value is -4.54. The minimum atomic E-state index is -1.12. The van der Waals surface area contributed by atoms with Crippen LogP contribution in [-0.2, 0) is 14.3 Å². The molecule has 0 aromatic heterocycles. The number of allylic oxidation sites excluding steroid dienone is 1. The zero-order valence-electron chi connectivity index (χ0n) is 17.3. The Bertz CT molecular complexity index is 1080. The molecule has 2 rings (SSSR count). The second kappa shape index (κ2) is 10.5. The van der Waals surface area contributed by atoms with Crippen molar-refractivity contribution in [1.82, 2.24) is 0 Å². The Balaban J connectivity index is 2.32. The van der Waals surface area contributed by atoms with Crippen LogP contribution < -0.4 is 5.32 Å². The van der Waals surface area contributed by atoms with Crippen molar-refractivity contribution in [3.05, 3.63) is 70.6 Å².